The quantitative estimate of drug-likeness (QED) is 0.700. The minimum atomic E-state index is 0.124. The Morgan fingerprint density at radius 1 is 1.19 bits per heavy atom. The molecule has 2 fully saturated rings. The van der Waals surface area contributed by atoms with Gasteiger partial charge in [0.25, 0.3) is 0 Å². The summed E-state index contributed by atoms with van der Waals surface area (Å²) in [5, 5.41) is 2.97. The summed E-state index contributed by atoms with van der Waals surface area (Å²) in [7, 11) is 0. The summed E-state index contributed by atoms with van der Waals surface area (Å²) in [6, 6.07) is 0.436. The molecular formula is C11H19N3O2. The molecule has 5 nitrogen and oxygen atoms in total. The van der Waals surface area contributed by atoms with Gasteiger partial charge < -0.3 is 10.2 Å². The monoisotopic (exact) mass is 225 g/mol. The third-order valence-electron chi connectivity index (χ3n) is 3.13. The Balaban J connectivity index is 1.67. The van der Waals surface area contributed by atoms with E-state index < -0.39 is 0 Å². The zero-order valence-electron chi connectivity index (χ0n) is 9.74. The van der Waals surface area contributed by atoms with Crippen molar-refractivity contribution in [2.45, 2.75) is 25.8 Å². The second-order valence-electron chi connectivity index (χ2n) is 4.62. The lowest BCUT2D eigenvalue weighted by molar-refractivity contribution is -0.131. The SMILES string of the molecule is CC(=O)N1CCN(CC(=O)NC2CC2)CC1. The predicted octanol–water partition coefficient (Wildman–Crippen LogP) is -0.571. The average molecular weight is 225 g/mol. The Kier molecular flexibility index (Phi) is 3.43. The highest BCUT2D eigenvalue weighted by Crippen LogP contribution is 2.18. The molecule has 0 aromatic carbocycles. The van der Waals surface area contributed by atoms with E-state index in [4.69, 9.17) is 0 Å². The molecule has 0 unspecified atom stereocenters. The Morgan fingerprint density at radius 2 is 1.81 bits per heavy atom. The van der Waals surface area contributed by atoms with Crippen LogP contribution in [-0.2, 0) is 9.59 Å². The van der Waals surface area contributed by atoms with Crippen LogP contribution >= 0.6 is 0 Å². The van der Waals surface area contributed by atoms with Gasteiger partial charge in [-0.1, -0.05) is 0 Å². The van der Waals surface area contributed by atoms with Crippen LogP contribution < -0.4 is 5.32 Å². The van der Waals surface area contributed by atoms with Crippen molar-refractivity contribution < 1.29 is 9.59 Å². The summed E-state index contributed by atoms with van der Waals surface area (Å²) in [6.07, 6.45) is 2.26. The van der Waals surface area contributed by atoms with E-state index in [0.717, 1.165) is 39.0 Å². The molecule has 1 aliphatic carbocycles. The molecule has 5 heteroatoms. The first-order valence-corrected chi connectivity index (χ1v) is 5.92. The molecule has 1 N–H and O–H groups in total. The van der Waals surface area contributed by atoms with Crippen molar-refractivity contribution >= 4 is 11.8 Å². The Labute approximate surface area is 95.8 Å². The van der Waals surface area contributed by atoms with Gasteiger partial charge in [-0.3, -0.25) is 14.5 Å². The lowest BCUT2D eigenvalue weighted by Gasteiger charge is -2.33. The van der Waals surface area contributed by atoms with Gasteiger partial charge in [0.15, 0.2) is 0 Å². The maximum atomic E-state index is 11.5. The minimum Gasteiger partial charge on any atom is -0.352 e. The fourth-order valence-electron chi connectivity index (χ4n) is 1.92. The van der Waals surface area contributed by atoms with Gasteiger partial charge >= 0.3 is 0 Å². The van der Waals surface area contributed by atoms with Gasteiger partial charge in [0.1, 0.15) is 0 Å². The molecule has 0 aromatic rings. The number of hydrogen-bond donors (Lipinski definition) is 1. The Bertz CT molecular complexity index is 281. The fourth-order valence-corrected chi connectivity index (χ4v) is 1.92. The van der Waals surface area contributed by atoms with Crippen LogP contribution in [0.4, 0.5) is 0 Å². The third kappa shape index (κ3) is 3.20. The van der Waals surface area contributed by atoms with Gasteiger partial charge in [-0.05, 0) is 12.8 Å². The summed E-state index contributed by atoms with van der Waals surface area (Å²) in [5.74, 6) is 0.251. The van der Waals surface area contributed by atoms with Crippen LogP contribution in [-0.4, -0.2) is 60.4 Å². The largest absolute Gasteiger partial charge is 0.352 e. The molecule has 1 heterocycles. The van der Waals surface area contributed by atoms with E-state index in [2.05, 4.69) is 10.2 Å². The van der Waals surface area contributed by atoms with E-state index in [1.54, 1.807) is 6.92 Å². The lowest BCUT2D eigenvalue weighted by atomic mass is 10.3. The maximum absolute atomic E-state index is 11.5. The summed E-state index contributed by atoms with van der Waals surface area (Å²) < 4.78 is 0. The molecule has 0 radical (unpaired) electrons. The number of nitrogens with zero attached hydrogens (tertiary/aromatic N) is 2. The first-order valence-electron chi connectivity index (χ1n) is 5.92. The standard InChI is InChI=1S/C11H19N3O2/c1-9(15)14-6-4-13(5-7-14)8-11(16)12-10-2-3-10/h10H,2-8H2,1H3,(H,12,16). The molecule has 1 aliphatic heterocycles. The number of piperazine rings is 1. The van der Waals surface area contributed by atoms with Crippen molar-refractivity contribution in [1.29, 1.82) is 0 Å². The molecule has 1 saturated heterocycles. The third-order valence-corrected chi connectivity index (χ3v) is 3.13. The summed E-state index contributed by atoms with van der Waals surface area (Å²) in [5.41, 5.74) is 0. The zero-order valence-corrected chi connectivity index (χ0v) is 9.74. The minimum absolute atomic E-state index is 0.124. The van der Waals surface area contributed by atoms with Crippen LogP contribution in [0.1, 0.15) is 19.8 Å². The molecule has 0 atom stereocenters. The maximum Gasteiger partial charge on any atom is 0.234 e. The normalized spacial score (nSPS) is 21.9. The van der Waals surface area contributed by atoms with Crippen molar-refractivity contribution in [1.82, 2.24) is 15.1 Å². The molecule has 0 aromatic heterocycles. The molecule has 90 valence electrons. The summed E-state index contributed by atoms with van der Waals surface area (Å²) in [6.45, 7) is 5.16. The second kappa shape index (κ2) is 4.82. The highest BCUT2D eigenvalue weighted by molar-refractivity contribution is 5.78. The molecule has 16 heavy (non-hydrogen) atoms. The van der Waals surface area contributed by atoms with Crippen molar-refractivity contribution in [3.63, 3.8) is 0 Å². The van der Waals surface area contributed by atoms with Gasteiger partial charge in [0.2, 0.25) is 11.8 Å². The molecule has 2 amide bonds. The van der Waals surface area contributed by atoms with Crippen molar-refractivity contribution in [3.8, 4) is 0 Å². The van der Waals surface area contributed by atoms with Crippen molar-refractivity contribution in [2.24, 2.45) is 0 Å². The number of hydrogen-bond acceptors (Lipinski definition) is 3. The van der Waals surface area contributed by atoms with E-state index in [1.807, 2.05) is 4.90 Å². The number of carbonyl (C=O) groups excluding carboxylic acids is 2. The van der Waals surface area contributed by atoms with Crippen molar-refractivity contribution in [3.05, 3.63) is 0 Å². The van der Waals surface area contributed by atoms with E-state index in [9.17, 15) is 9.59 Å². The molecule has 0 spiro atoms. The number of amides is 2. The lowest BCUT2D eigenvalue weighted by Crippen LogP contribution is -2.50. The number of carbonyl (C=O) groups is 2. The van der Waals surface area contributed by atoms with Crippen LogP contribution in [0.5, 0.6) is 0 Å². The van der Waals surface area contributed by atoms with E-state index in [1.165, 1.54) is 0 Å². The highest BCUT2D eigenvalue weighted by atomic mass is 16.2. The predicted molar refractivity (Wildman–Crippen MR) is 59.9 cm³/mol. The van der Waals surface area contributed by atoms with Crippen molar-refractivity contribution in [2.75, 3.05) is 32.7 Å². The summed E-state index contributed by atoms with van der Waals surface area (Å²) in [4.78, 5) is 26.6. The van der Waals surface area contributed by atoms with Gasteiger partial charge in [-0.25, -0.2) is 0 Å². The van der Waals surface area contributed by atoms with Crippen LogP contribution in [0.2, 0.25) is 0 Å². The summed E-state index contributed by atoms with van der Waals surface area (Å²) >= 11 is 0. The average Bonchev–Trinajstić information content (AvgIpc) is 3.02. The topological polar surface area (TPSA) is 52.7 Å². The molecule has 0 bridgehead atoms. The number of rotatable bonds is 3. The molecule has 2 aliphatic rings. The van der Waals surface area contributed by atoms with Gasteiger partial charge in [0.05, 0.1) is 6.54 Å². The second-order valence-corrected chi connectivity index (χ2v) is 4.62. The highest BCUT2D eigenvalue weighted by Gasteiger charge is 2.25. The Morgan fingerprint density at radius 3 is 2.31 bits per heavy atom. The molecule has 2 rings (SSSR count). The van der Waals surface area contributed by atoms with Crippen LogP contribution in [0, 0.1) is 0 Å². The first-order chi connectivity index (χ1) is 7.65. The van der Waals surface area contributed by atoms with E-state index >= 15 is 0 Å². The van der Waals surface area contributed by atoms with Crippen LogP contribution in [0.25, 0.3) is 0 Å². The number of nitrogens with one attached hydrogen (secondary N) is 1. The first kappa shape index (κ1) is 11.4. The van der Waals surface area contributed by atoms with Gasteiger partial charge in [-0.15, -0.1) is 0 Å². The fraction of sp³-hybridized carbons (Fsp3) is 0.818. The molecular weight excluding hydrogens is 206 g/mol. The van der Waals surface area contributed by atoms with E-state index in [0.29, 0.717) is 12.6 Å². The van der Waals surface area contributed by atoms with Gasteiger partial charge in [-0.2, -0.15) is 0 Å². The van der Waals surface area contributed by atoms with Crippen LogP contribution in [0.15, 0.2) is 0 Å². The zero-order chi connectivity index (χ0) is 11.5. The smallest absolute Gasteiger partial charge is 0.234 e. The Hall–Kier alpha value is -1.10. The molecule has 1 saturated carbocycles. The van der Waals surface area contributed by atoms with E-state index in [-0.39, 0.29) is 11.8 Å². The van der Waals surface area contributed by atoms with Gasteiger partial charge in [0, 0.05) is 39.1 Å². The van der Waals surface area contributed by atoms with Crippen LogP contribution in [0.3, 0.4) is 0 Å².